The smallest absolute Gasteiger partial charge is 0.416 e. The minimum Gasteiger partial charge on any atom is -0.468 e. The Balaban J connectivity index is 2.30. The molecule has 2 nitrogen and oxygen atoms in total. The lowest BCUT2D eigenvalue weighted by Gasteiger charge is -2.14. The highest BCUT2D eigenvalue weighted by molar-refractivity contribution is 7.99. The zero-order chi connectivity index (χ0) is 15.5. The van der Waals surface area contributed by atoms with E-state index in [-0.39, 0.29) is 12.1 Å². The number of rotatable bonds is 5. The normalized spacial score (nSPS) is 11.9. The fourth-order valence-corrected chi connectivity index (χ4v) is 2.79. The van der Waals surface area contributed by atoms with Gasteiger partial charge in [0.1, 0.15) is 5.76 Å². The van der Waals surface area contributed by atoms with Gasteiger partial charge in [0.2, 0.25) is 0 Å². The molecule has 2 aromatic rings. The van der Waals surface area contributed by atoms with Crippen LogP contribution in [0, 0.1) is 6.92 Å². The van der Waals surface area contributed by atoms with Crippen molar-refractivity contribution in [2.45, 2.75) is 36.4 Å². The molecule has 0 unspecified atom stereocenters. The van der Waals surface area contributed by atoms with Gasteiger partial charge in [-0.15, -0.1) is 0 Å². The molecule has 2 rings (SSSR count). The molecule has 114 valence electrons. The highest BCUT2D eigenvalue weighted by atomic mass is 32.2. The van der Waals surface area contributed by atoms with Crippen LogP contribution in [0.1, 0.15) is 23.8 Å². The van der Waals surface area contributed by atoms with E-state index in [4.69, 9.17) is 4.42 Å². The first kappa shape index (κ1) is 16.0. The van der Waals surface area contributed by atoms with Gasteiger partial charge in [0.25, 0.3) is 0 Å². The van der Waals surface area contributed by atoms with Crippen LogP contribution in [0.3, 0.4) is 0 Å². The van der Waals surface area contributed by atoms with Gasteiger partial charge in [-0.3, -0.25) is 0 Å². The van der Waals surface area contributed by atoms with Crippen LogP contribution in [0.5, 0.6) is 0 Å². The Morgan fingerprint density at radius 2 is 2.00 bits per heavy atom. The Labute approximate surface area is 125 Å². The van der Waals surface area contributed by atoms with Crippen LogP contribution in [0.15, 0.2) is 44.7 Å². The van der Waals surface area contributed by atoms with Crippen molar-refractivity contribution < 1.29 is 17.6 Å². The number of hydrogen-bond donors (Lipinski definition) is 1. The van der Waals surface area contributed by atoms with Gasteiger partial charge < -0.3 is 9.73 Å². The molecule has 0 atom stereocenters. The van der Waals surface area contributed by atoms with Gasteiger partial charge >= 0.3 is 6.18 Å². The maximum absolute atomic E-state index is 13.2. The van der Waals surface area contributed by atoms with E-state index < -0.39 is 11.7 Å². The van der Waals surface area contributed by atoms with Crippen LogP contribution < -0.4 is 5.32 Å². The number of furan rings is 1. The van der Waals surface area contributed by atoms with Gasteiger partial charge in [0.15, 0.2) is 0 Å². The summed E-state index contributed by atoms with van der Waals surface area (Å²) in [7, 11) is 0. The van der Waals surface area contributed by atoms with E-state index in [2.05, 4.69) is 5.32 Å². The lowest BCUT2D eigenvalue weighted by Crippen LogP contribution is -2.17. The first-order valence-electron chi connectivity index (χ1n) is 6.54. The standard InChI is InChI=1S/C15H16F3NOS/c1-3-19-9-11-4-5-12(8-13(11)15(16,17)18)21-14-6-7-20-10(14)2/h4-8,19H,3,9H2,1-2H3. The molecule has 1 aromatic heterocycles. The van der Waals surface area contributed by atoms with E-state index in [0.717, 1.165) is 4.90 Å². The summed E-state index contributed by atoms with van der Waals surface area (Å²) in [5.74, 6) is 0.699. The number of halogens is 3. The Hall–Kier alpha value is -1.40. The lowest BCUT2D eigenvalue weighted by atomic mass is 10.1. The van der Waals surface area contributed by atoms with Crippen molar-refractivity contribution in [2.24, 2.45) is 0 Å². The average Bonchev–Trinajstić information content (AvgIpc) is 2.82. The van der Waals surface area contributed by atoms with Crippen molar-refractivity contribution in [1.82, 2.24) is 5.32 Å². The molecule has 0 saturated heterocycles. The van der Waals surface area contributed by atoms with Crippen molar-refractivity contribution in [3.05, 3.63) is 47.4 Å². The second-order valence-corrected chi connectivity index (χ2v) is 5.66. The summed E-state index contributed by atoms with van der Waals surface area (Å²) in [6, 6.07) is 6.19. The zero-order valence-corrected chi connectivity index (χ0v) is 12.6. The summed E-state index contributed by atoms with van der Waals surface area (Å²) in [4.78, 5) is 1.37. The molecular weight excluding hydrogens is 299 g/mol. The van der Waals surface area contributed by atoms with Crippen molar-refractivity contribution in [3.8, 4) is 0 Å². The van der Waals surface area contributed by atoms with E-state index in [1.807, 2.05) is 6.92 Å². The first-order valence-corrected chi connectivity index (χ1v) is 7.36. The van der Waals surface area contributed by atoms with Crippen LogP contribution in [-0.2, 0) is 12.7 Å². The summed E-state index contributed by atoms with van der Waals surface area (Å²) in [6.45, 7) is 4.48. The van der Waals surface area contributed by atoms with E-state index in [9.17, 15) is 13.2 Å². The minimum absolute atomic E-state index is 0.209. The molecule has 6 heteroatoms. The first-order chi connectivity index (χ1) is 9.91. The summed E-state index contributed by atoms with van der Waals surface area (Å²) < 4.78 is 44.6. The third kappa shape index (κ3) is 4.04. The third-order valence-electron chi connectivity index (χ3n) is 2.99. The molecule has 0 aliphatic carbocycles. The molecule has 0 bridgehead atoms. The Bertz CT molecular complexity index is 607. The maximum Gasteiger partial charge on any atom is 0.416 e. The molecule has 0 aliphatic rings. The topological polar surface area (TPSA) is 25.2 Å². The third-order valence-corrected chi connectivity index (χ3v) is 4.12. The largest absolute Gasteiger partial charge is 0.468 e. The molecule has 1 N–H and O–H groups in total. The molecular formula is C15H16F3NOS. The number of aryl methyl sites for hydroxylation is 1. The monoisotopic (exact) mass is 315 g/mol. The van der Waals surface area contributed by atoms with Crippen LogP contribution >= 0.6 is 11.8 Å². The number of alkyl halides is 3. The summed E-state index contributed by atoms with van der Waals surface area (Å²) in [5, 5.41) is 2.93. The highest BCUT2D eigenvalue weighted by Crippen LogP contribution is 2.37. The van der Waals surface area contributed by atoms with Crippen LogP contribution in [0.25, 0.3) is 0 Å². The molecule has 1 heterocycles. The van der Waals surface area contributed by atoms with E-state index >= 15 is 0 Å². The lowest BCUT2D eigenvalue weighted by molar-refractivity contribution is -0.138. The fourth-order valence-electron chi connectivity index (χ4n) is 1.90. The molecule has 0 fully saturated rings. The average molecular weight is 315 g/mol. The van der Waals surface area contributed by atoms with Crippen molar-refractivity contribution in [3.63, 3.8) is 0 Å². The fraction of sp³-hybridized carbons (Fsp3) is 0.333. The van der Waals surface area contributed by atoms with Gasteiger partial charge in [0, 0.05) is 11.4 Å². The van der Waals surface area contributed by atoms with Gasteiger partial charge in [-0.05, 0) is 37.2 Å². The summed E-state index contributed by atoms with van der Waals surface area (Å²) in [5.41, 5.74) is -0.327. The quantitative estimate of drug-likeness (QED) is 0.852. The summed E-state index contributed by atoms with van der Waals surface area (Å²) in [6.07, 6.45) is -2.82. The summed E-state index contributed by atoms with van der Waals surface area (Å²) >= 11 is 1.27. The van der Waals surface area contributed by atoms with Crippen molar-refractivity contribution >= 4 is 11.8 Å². The highest BCUT2D eigenvalue weighted by Gasteiger charge is 2.33. The Morgan fingerprint density at radius 1 is 1.24 bits per heavy atom. The molecule has 0 amide bonds. The van der Waals surface area contributed by atoms with Gasteiger partial charge in [-0.25, -0.2) is 0 Å². The van der Waals surface area contributed by atoms with E-state index in [1.165, 1.54) is 30.2 Å². The molecule has 1 aromatic carbocycles. The number of nitrogens with one attached hydrogen (secondary N) is 1. The van der Waals surface area contributed by atoms with Crippen LogP contribution in [0.2, 0.25) is 0 Å². The van der Waals surface area contributed by atoms with Gasteiger partial charge in [0.05, 0.1) is 16.7 Å². The zero-order valence-electron chi connectivity index (χ0n) is 11.8. The molecule has 21 heavy (non-hydrogen) atoms. The Morgan fingerprint density at radius 3 is 2.57 bits per heavy atom. The Kier molecular flexibility index (Phi) is 5.00. The van der Waals surface area contributed by atoms with Gasteiger partial charge in [-0.1, -0.05) is 24.8 Å². The predicted octanol–water partition coefficient (Wildman–Crippen LogP) is 4.87. The second-order valence-electron chi connectivity index (χ2n) is 4.54. The second kappa shape index (κ2) is 6.58. The van der Waals surface area contributed by atoms with Crippen LogP contribution in [-0.4, -0.2) is 6.54 Å². The molecule has 0 aliphatic heterocycles. The SMILES string of the molecule is CCNCc1ccc(Sc2ccoc2C)cc1C(F)(F)F. The van der Waals surface area contributed by atoms with E-state index in [1.54, 1.807) is 19.1 Å². The molecule has 0 radical (unpaired) electrons. The van der Waals surface area contributed by atoms with Gasteiger partial charge in [-0.2, -0.15) is 13.2 Å². The number of hydrogen-bond acceptors (Lipinski definition) is 3. The number of benzene rings is 1. The van der Waals surface area contributed by atoms with Crippen molar-refractivity contribution in [1.29, 1.82) is 0 Å². The van der Waals surface area contributed by atoms with E-state index in [0.29, 0.717) is 17.2 Å². The van der Waals surface area contributed by atoms with Crippen LogP contribution in [0.4, 0.5) is 13.2 Å². The molecule has 0 spiro atoms. The predicted molar refractivity (Wildman–Crippen MR) is 76.4 cm³/mol. The minimum atomic E-state index is -4.35. The van der Waals surface area contributed by atoms with Crippen molar-refractivity contribution in [2.75, 3.05) is 6.54 Å². The maximum atomic E-state index is 13.2. The molecule has 0 saturated carbocycles.